The maximum Gasteiger partial charge on any atom is 0.248 e. The normalized spacial score (nSPS) is 30.0. The van der Waals surface area contributed by atoms with E-state index in [0.717, 1.165) is 0 Å². The topological polar surface area (TPSA) is 0 Å². The Balaban J connectivity index is 2.46. The molecule has 0 unspecified atom stereocenters. The molecule has 1 aliphatic carbocycles. The van der Waals surface area contributed by atoms with Crippen molar-refractivity contribution in [3.63, 3.8) is 0 Å². The minimum absolute atomic E-state index is 0.0758. The summed E-state index contributed by atoms with van der Waals surface area (Å²) in [4.78, 5) is 0. The summed E-state index contributed by atoms with van der Waals surface area (Å²) in [6.45, 7) is 2.04. The molecule has 0 heterocycles. The van der Waals surface area contributed by atoms with Crippen LogP contribution in [0.15, 0.2) is 0 Å². The van der Waals surface area contributed by atoms with Gasteiger partial charge in [0.1, 0.15) is 0 Å². The van der Waals surface area contributed by atoms with Gasteiger partial charge in [-0.25, -0.2) is 8.78 Å². The fourth-order valence-corrected chi connectivity index (χ4v) is 1.68. The Hall–Kier alpha value is 0.590. The highest BCUT2D eigenvalue weighted by Gasteiger charge is 2.39. The van der Waals surface area contributed by atoms with Crippen LogP contribution >= 0.6 is 22.6 Å². The van der Waals surface area contributed by atoms with Gasteiger partial charge >= 0.3 is 0 Å². The van der Waals surface area contributed by atoms with Gasteiger partial charge in [-0.3, -0.25) is 0 Å². The highest BCUT2D eigenvalue weighted by Crippen LogP contribution is 2.42. The van der Waals surface area contributed by atoms with E-state index < -0.39 is 5.92 Å². The molecule has 1 aliphatic rings. The molecule has 1 rings (SSSR count). The molecule has 0 aromatic carbocycles. The zero-order valence-electron chi connectivity index (χ0n) is 5.96. The quantitative estimate of drug-likeness (QED) is 0.462. The van der Waals surface area contributed by atoms with Crippen molar-refractivity contribution in [2.24, 2.45) is 0 Å². The average Bonchev–Trinajstić information content (AvgIpc) is 1.79. The van der Waals surface area contributed by atoms with E-state index in [2.05, 4.69) is 22.6 Å². The fraction of sp³-hybridized carbons (Fsp3) is 1.00. The van der Waals surface area contributed by atoms with Crippen LogP contribution in [0, 0.1) is 0 Å². The van der Waals surface area contributed by atoms with Gasteiger partial charge in [-0.1, -0.05) is 29.5 Å². The van der Waals surface area contributed by atoms with Crippen LogP contribution in [0.2, 0.25) is 0 Å². The van der Waals surface area contributed by atoms with Crippen LogP contribution in [0.4, 0.5) is 8.78 Å². The van der Waals surface area contributed by atoms with E-state index in [9.17, 15) is 8.78 Å². The molecular weight excluding hydrogens is 249 g/mol. The van der Waals surface area contributed by atoms with Crippen molar-refractivity contribution in [2.75, 3.05) is 0 Å². The second-order valence-corrected chi connectivity index (χ2v) is 5.87. The molecule has 0 saturated heterocycles. The molecule has 1 saturated carbocycles. The summed E-state index contributed by atoms with van der Waals surface area (Å²) in [5, 5.41) is 0. The molecular formula is C7H11F2I. The first-order valence-electron chi connectivity index (χ1n) is 3.48. The van der Waals surface area contributed by atoms with Gasteiger partial charge in [0, 0.05) is 16.3 Å². The number of halogens is 3. The highest BCUT2D eigenvalue weighted by molar-refractivity contribution is 14.1. The molecule has 0 aliphatic heterocycles. The largest absolute Gasteiger partial charge is 0.248 e. The lowest BCUT2D eigenvalue weighted by molar-refractivity contribution is -0.0381. The second kappa shape index (κ2) is 2.57. The van der Waals surface area contributed by atoms with Crippen LogP contribution in [0.25, 0.3) is 0 Å². The molecule has 10 heavy (non-hydrogen) atoms. The van der Waals surface area contributed by atoms with Crippen LogP contribution in [0.3, 0.4) is 0 Å². The summed E-state index contributed by atoms with van der Waals surface area (Å²) < 4.78 is 25.2. The lowest BCUT2D eigenvalue weighted by atomic mass is 9.88. The molecule has 1 fully saturated rings. The number of alkyl halides is 3. The van der Waals surface area contributed by atoms with Crippen molar-refractivity contribution in [2.45, 2.75) is 42.0 Å². The maximum atomic E-state index is 12.5. The first-order valence-corrected chi connectivity index (χ1v) is 4.56. The lowest BCUT2D eigenvalue weighted by Crippen LogP contribution is -2.31. The number of rotatable bonds is 0. The van der Waals surface area contributed by atoms with Crippen LogP contribution in [0.5, 0.6) is 0 Å². The van der Waals surface area contributed by atoms with Crippen LogP contribution in [-0.2, 0) is 0 Å². The Morgan fingerprint density at radius 1 is 1.10 bits per heavy atom. The molecule has 0 atom stereocenters. The van der Waals surface area contributed by atoms with Gasteiger partial charge in [-0.2, -0.15) is 0 Å². The first kappa shape index (κ1) is 8.68. The summed E-state index contributed by atoms with van der Waals surface area (Å²) in [7, 11) is 0. The predicted octanol–water partition coefficient (Wildman–Crippen LogP) is 3.39. The summed E-state index contributed by atoms with van der Waals surface area (Å²) in [6.07, 6.45) is 1.46. The van der Waals surface area contributed by atoms with E-state index in [1.807, 2.05) is 6.92 Å². The van der Waals surface area contributed by atoms with E-state index in [4.69, 9.17) is 0 Å². The summed E-state index contributed by atoms with van der Waals surface area (Å²) in [6, 6.07) is 0. The standard InChI is InChI=1S/C7H11F2I/c1-6(10)2-4-7(8,9)5-3-6/h2-5H2,1H3. The van der Waals surface area contributed by atoms with Crippen molar-refractivity contribution in [1.82, 2.24) is 0 Å². The van der Waals surface area contributed by atoms with E-state index in [1.54, 1.807) is 0 Å². The fourth-order valence-electron chi connectivity index (χ4n) is 1.14. The Morgan fingerprint density at radius 3 is 1.80 bits per heavy atom. The molecule has 60 valence electrons. The van der Waals surface area contributed by atoms with Crippen LogP contribution in [-0.4, -0.2) is 9.34 Å². The van der Waals surface area contributed by atoms with Gasteiger partial charge in [0.2, 0.25) is 5.92 Å². The highest BCUT2D eigenvalue weighted by atomic mass is 127. The van der Waals surface area contributed by atoms with Gasteiger partial charge in [0.05, 0.1) is 0 Å². The molecule has 0 amide bonds. The SMILES string of the molecule is CC1(I)CCC(F)(F)CC1. The van der Waals surface area contributed by atoms with Crippen molar-refractivity contribution in [3.05, 3.63) is 0 Å². The van der Waals surface area contributed by atoms with Crippen molar-refractivity contribution in [1.29, 1.82) is 0 Å². The molecule has 0 nitrogen and oxygen atoms in total. The van der Waals surface area contributed by atoms with Crippen molar-refractivity contribution >= 4 is 22.6 Å². The molecule has 0 aromatic heterocycles. The van der Waals surface area contributed by atoms with Crippen molar-refractivity contribution in [3.8, 4) is 0 Å². The Morgan fingerprint density at radius 2 is 1.50 bits per heavy atom. The third-order valence-electron chi connectivity index (χ3n) is 2.02. The zero-order valence-corrected chi connectivity index (χ0v) is 8.12. The summed E-state index contributed by atoms with van der Waals surface area (Å²) >= 11 is 2.27. The molecule has 0 aromatic rings. The Bertz CT molecular complexity index is 104. The van der Waals surface area contributed by atoms with Gasteiger partial charge in [0.15, 0.2) is 0 Å². The smallest absolute Gasteiger partial charge is 0.207 e. The average molecular weight is 260 g/mol. The molecule has 0 radical (unpaired) electrons. The summed E-state index contributed by atoms with van der Waals surface area (Å²) in [5.41, 5.74) is 0. The van der Waals surface area contributed by atoms with Gasteiger partial charge in [-0.15, -0.1) is 0 Å². The predicted molar refractivity (Wildman–Crippen MR) is 45.8 cm³/mol. The monoisotopic (exact) mass is 260 g/mol. The third-order valence-corrected chi connectivity index (χ3v) is 3.10. The van der Waals surface area contributed by atoms with E-state index in [0.29, 0.717) is 12.8 Å². The van der Waals surface area contributed by atoms with E-state index in [-0.39, 0.29) is 16.3 Å². The number of hydrogen-bond donors (Lipinski definition) is 0. The van der Waals surface area contributed by atoms with Gasteiger partial charge < -0.3 is 0 Å². The van der Waals surface area contributed by atoms with E-state index >= 15 is 0 Å². The Labute approximate surface area is 73.5 Å². The Kier molecular flexibility index (Phi) is 2.23. The first-order chi connectivity index (χ1) is 4.41. The minimum Gasteiger partial charge on any atom is -0.207 e. The molecule has 0 bridgehead atoms. The second-order valence-electron chi connectivity index (χ2n) is 3.27. The van der Waals surface area contributed by atoms with Crippen molar-refractivity contribution < 1.29 is 8.78 Å². The number of hydrogen-bond acceptors (Lipinski definition) is 0. The molecule has 3 heteroatoms. The van der Waals surface area contributed by atoms with Crippen LogP contribution in [0.1, 0.15) is 32.6 Å². The maximum absolute atomic E-state index is 12.5. The summed E-state index contributed by atoms with van der Waals surface area (Å²) in [5.74, 6) is -2.37. The molecule has 0 spiro atoms. The zero-order chi connectivity index (χ0) is 7.83. The van der Waals surface area contributed by atoms with Crippen LogP contribution < -0.4 is 0 Å². The van der Waals surface area contributed by atoms with Gasteiger partial charge in [0.25, 0.3) is 0 Å². The minimum atomic E-state index is -2.37. The molecule has 0 N–H and O–H groups in total. The lowest BCUT2D eigenvalue weighted by Gasteiger charge is -2.32. The van der Waals surface area contributed by atoms with Gasteiger partial charge in [-0.05, 0) is 12.8 Å². The third kappa shape index (κ3) is 2.32. The van der Waals surface area contributed by atoms with E-state index in [1.165, 1.54) is 0 Å².